The fraction of sp³-hybridized carbons (Fsp3) is 0.533. The van der Waals surface area contributed by atoms with Gasteiger partial charge in [-0.1, -0.05) is 25.1 Å². The molecule has 0 spiro atoms. The number of para-hydroxylation sites is 1. The summed E-state index contributed by atoms with van der Waals surface area (Å²) in [5, 5.41) is 11.0. The van der Waals surface area contributed by atoms with Gasteiger partial charge in [0.1, 0.15) is 5.78 Å². The van der Waals surface area contributed by atoms with Crippen LogP contribution in [0.2, 0.25) is 0 Å². The number of nitrogens with zero attached hydrogens (tertiary/aromatic N) is 2. The van der Waals surface area contributed by atoms with Crippen molar-refractivity contribution in [3.05, 3.63) is 39.9 Å². The fourth-order valence-electron chi connectivity index (χ4n) is 2.72. The molecule has 0 amide bonds. The van der Waals surface area contributed by atoms with Crippen molar-refractivity contribution in [1.29, 1.82) is 0 Å². The lowest BCUT2D eigenvalue weighted by Crippen LogP contribution is -2.41. The molecule has 0 N–H and O–H groups in total. The van der Waals surface area contributed by atoms with Crippen molar-refractivity contribution in [2.45, 2.75) is 26.2 Å². The van der Waals surface area contributed by atoms with E-state index in [4.69, 9.17) is 0 Å². The highest BCUT2D eigenvalue weighted by atomic mass is 16.6. The summed E-state index contributed by atoms with van der Waals surface area (Å²) in [5.74, 6) is 0.490. The number of rotatable bonds is 5. The second-order valence-corrected chi connectivity index (χ2v) is 5.26. The molecule has 0 radical (unpaired) electrons. The topological polar surface area (TPSA) is 63.4 Å². The van der Waals surface area contributed by atoms with Gasteiger partial charge in [0.25, 0.3) is 5.69 Å². The Kier molecular flexibility index (Phi) is 4.84. The van der Waals surface area contributed by atoms with E-state index < -0.39 is 0 Å². The second-order valence-electron chi connectivity index (χ2n) is 5.26. The lowest BCUT2D eigenvalue weighted by Gasteiger charge is -2.31. The van der Waals surface area contributed by atoms with Crippen molar-refractivity contribution in [2.24, 2.45) is 5.92 Å². The van der Waals surface area contributed by atoms with Crippen molar-refractivity contribution in [3.8, 4) is 0 Å². The minimum Gasteiger partial charge on any atom is -0.302 e. The Morgan fingerprint density at radius 3 is 2.85 bits per heavy atom. The third-order valence-electron chi connectivity index (χ3n) is 3.99. The van der Waals surface area contributed by atoms with Crippen LogP contribution in [0, 0.1) is 16.0 Å². The molecule has 1 aromatic carbocycles. The Hall–Kier alpha value is -1.75. The number of carbonyl (C=O) groups is 1. The number of nitro groups is 1. The van der Waals surface area contributed by atoms with E-state index in [0.29, 0.717) is 18.6 Å². The van der Waals surface area contributed by atoms with E-state index in [1.807, 2.05) is 19.1 Å². The van der Waals surface area contributed by atoms with Gasteiger partial charge in [-0.15, -0.1) is 0 Å². The predicted octanol–water partition coefficient (Wildman–Crippen LogP) is 2.44. The van der Waals surface area contributed by atoms with E-state index in [-0.39, 0.29) is 16.5 Å². The zero-order valence-corrected chi connectivity index (χ0v) is 11.7. The number of hydrogen-bond donors (Lipinski definition) is 0. The minimum atomic E-state index is -0.329. The maximum absolute atomic E-state index is 11.7. The van der Waals surface area contributed by atoms with Crippen LogP contribution in [0.15, 0.2) is 24.3 Å². The van der Waals surface area contributed by atoms with E-state index in [1.165, 1.54) is 0 Å². The third-order valence-corrected chi connectivity index (χ3v) is 3.99. The van der Waals surface area contributed by atoms with Crippen LogP contribution >= 0.6 is 0 Å². The maximum Gasteiger partial charge on any atom is 0.272 e. The normalized spacial score (nSPS) is 20.1. The molecule has 20 heavy (non-hydrogen) atoms. The summed E-state index contributed by atoms with van der Waals surface area (Å²) in [6.07, 6.45) is 2.14. The zero-order chi connectivity index (χ0) is 14.5. The van der Waals surface area contributed by atoms with Gasteiger partial charge in [0.2, 0.25) is 0 Å². The van der Waals surface area contributed by atoms with E-state index in [9.17, 15) is 14.9 Å². The van der Waals surface area contributed by atoms with Gasteiger partial charge in [-0.3, -0.25) is 14.9 Å². The van der Waals surface area contributed by atoms with E-state index in [1.54, 1.807) is 12.1 Å². The largest absolute Gasteiger partial charge is 0.302 e. The predicted molar refractivity (Wildman–Crippen MR) is 76.6 cm³/mol. The quantitative estimate of drug-likeness (QED) is 0.612. The van der Waals surface area contributed by atoms with Crippen LogP contribution < -0.4 is 0 Å². The van der Waals surface area contributed by atoms with Crippen molar-refractivity contribution in [3.63, 3.8) is 0 Å². The molecule has 5 heteroatoms. The summed E-state index contributed by atoms with van der Waals surface area (Å²) in [6.45, 7) is 4.37. The van der Waals surface area contributed by atoms with Crippen LogP contribution in [0.1, 0.15) is 25.3 Å². The lowest BCUT2D eigenvalue weighted by atomic mass is 9.94. The Morgan fingerprint density at radius 2 is 2.15 bits per heavy atom. The Bertz CT molecular complexity index is 502. The first-order valence-corrected chi connectivity index (χ1v) is 7.09. The number of nitro benzene ring substituents is 1. The summed E-state index contributed by atoms with van der Waals surface area (Å²) < 4.78 is 0. The molecule has 0 bridgehead atoms. The van der Waals surface area contributed by atoms with Gasteiger partial charge in [0.15, 0.2) is 0 Å². The summed E-state index contributed by atoms with van der Waals surface area (Å²) in [5.41, 5.74) is 0.954. The third kappa shape index (κ3) is 3.42. The number of hydrogen-bond acceptors (Lipinski definition) is 4. The molecule has 1 aromatic rings. The van der Waals surface area contributed by atoms with E-state index in [0.717, 1.165) is 31.6 Å². The molecule has 1 unspecified atom stereocenters. The molecular formula is C15H20N2O3. The standard InChI is InChI=1S/C15H20N2O3/c1-2-12-11-16(10-8-15(12)18)9-7-13-5-3-4-6-14(13)17(19)20/h3-6,12H,2,7-11H2,1H3. The number of ketones is 1. The van der Waals surface area contributed by atoms with Crippen LogP contribution in [0.5, 0.6) is 0 Å². The molecule has 1 saturated heterocycles. The molecule has 0 saturated carbocycles. The van der Waals surface area contributed by atoms with Crippen LogP contribution in [0.4, 0.5) is 5.69 Å². The molecule has 1 aliphatic rings. The molecule has 5 nitrogen and oxygen atoms in total. The smallest absolute Gasteiger partial charge is 0.272 e. The van der Waals surface area contributed by atoms with Crippen LogP contribution in [-0.2, 0) is 11.2 Å². The monoisotopic (exact) mass is 276 g/mol. The molecule has 0 aromatic heterocycles. The number of carbonyl (C=O) groups excluding carboxylic acids is 1. The van der Waals surface area contributed by atoms with Gasteiger partial charge in [-0.25, -0.2) is 0 Å². The molecular weight excluding hydrogens is 256 g/mol. The fourth-order valence-corrected chi connectivity index (χ4v) is 2.72. The second kappa shape index (κ2) is 6.61. The minimum absolute atomic E-state index is 0.134. The highest BCUT2D eigenvalue weighted by molar-refractivity contribution is 5.82. The molecule has 1 aliphatic heterocycles. The number of likely N-dealkylation sites (tertiary alicyclic amines) is 1. The molecule has 1 atom stereocenters. The average molecular weight is 276 g/mol. The summed E-state index contributed by atoms with van der Waals surface area (Å²) >= 11 is 0. The maximum atomic E-state index is 11.7. The molecule has 108 valence electrons. The SMILES string of the molecule is CCC1CN(CCc2ccccc2[N+](=O)[O-])CCC1=O. The molecule has 0 aliphatic carbocycles. The summed E-state index contributed by atoms with van der Waals surface area (Å²) in [7, 11) is 0. The van der Waals surface area contributed by atoms with Gasteiger partial charge in [-0.2, -0.15) is 0 Å². The summed E-state index contributed by atoms with van der Waals surface area (Å²) in [6, 6.07) is 6.87. The first kappa shape index (κ1) is 14.7. The highest BCUT2D eigenvalue weighted by Gasteiger charge is 2.25. The van der Waals surface area contributed by atoms with E-state index in [2.05, 4.69) is 4.90 Å². The van der Waals surface area contributed by atoms with Crippen molar-refractivity contribution >= 4 is 11.5 Å². The molecule has 1 fully saturated rings. The Morgan fingerprint density at radius 1 is 1.40 bits per heavy atom. The highest BCUT2D eigenvalue weighted by Crippen LogP contribution is 2.20. The average Bonchev–Trinajstić information content (AvgIpc) is 2.46. The van der Waals surface area contributed by atoms with Gasteiger partial charge >= 0.3 is 0 Å². The first-order valence-electron chi connectivity index (χ1n) is 7.09. The molecule has 1 heterocycles. The summed E-state index contributed by atoms with van der Waals surface area (Å²) in [4.78, 5) is 24.5. The van der Waals surface area contributed by atoms with Crippen molar-refractivity contribution in [2.75, 3.05) is 19.6 Å². The lowest BCUT2D eigenvalue weighted by molar-refractivity contribution is -0.385. The van der Waals surface area contributed by atoms with Gasteiger partial charge in [-0.05, 0) is 12.8 Å². The van der Waals surface area contributed by atoms with Gasteiger partial charge < -0.3 is 4.90 Å². The Labute approximate surface area is 118 Å². The number of benzene rings is 1. The number of Topliss-reactive ketones (excluding diaryl/α,β-unsaturated/α-hetero) is 1. The van der Waals surface area contributed by atoms with E-state index >= 15 is 0 Å². The van der Waals surface area contributed by atoms with Gasteiger partial charge in [0.05, 0.1) is 4.92 Å². The van der Waals surface area contributed by atoms with Crippen LogP contribution in [0.25, 0.3) is 0 Å². The van der Waals surface area contributed by atoms with Crippen LogP contribution in [0.3, 0.4) is 0 Å². The Balaban J connectivity index is 1.96. The zero-order valence-electron chi connectivity index (χ0n) is 11.7. The number of piperidine rings is 1. The van der Waals surface area contributed by atoms with Crippen molar-refractivity contribution < 1.29 is 9.72 Å². The van der Waals surface area contributed by atoms with Gasteiger partial charge in [0, 0.05) is 43.6 Å². The first-order chi connectivity index (χ1) is 9.61. The van der Waals surface area contributed by atoms with Crippen molar-refractivity contribution in [1.82, 2.24) is 4.90 Å². The van der Waals surface area contributed by atoms with Crippen LogP contribution in [-0.4, -0.2) is 35.2 Å². The molecule has 2 rings (SSSR count).